The van der Waals surface area contributed by atoms with Crippen LogP contribution in [-0.4, -0.2) is 48.2 Å². The van der Waals surface area contributed by atoms with E-state index in [-0.39, 0.29) is 16.4 Å². The van der Waals surface area contributed by atoms with E-state index in [0.29, 0.717) is 11.0 Å². The number of anilines is 1. The number of nitrogens with two attached hydrogens (primary N) is 1. The maximum atomic E-state index is 13.3. The molecule has 27 heavy (non-hydrogen) atoms. The summed E-state index contributed by atoms with van der Waals surface area (Å²) >= 11 is 5.75. The summed E-state index contributed by atoms with van der Waals surface area (Å²) in [6.45, 7) is 0. The molecule has 5 atom stereocenters. The summed E-state index contributed by atoms with van der Waals surface area (Å²) in [6, 6.07) is 5.35. The van der Waals surface area contributed by atoms with Gasteiger partial charge in [-0.25, -0.2) is 14.4 Å². The van der Waals surface area contributed by atoms with Crippen LogP contribution in [0.4, 0.5) is 10.2 Å². The van der Waals surface area contributed by atoms with E-state index < -0.39 is 36.5 Å². The van der Waals surface area contributed by atoms with Gasteiger partial charge in [0.2, 0.25) is 0 Å². The van der Waals surface area contributed by atoms with Crippen LogP contribution in [0, 0.1) is 5.82 Å². The molecule has 0 spiro atoms. The van der Waals surface area contributed by atoms with Crippen molar-refractivity contribution in [1.29, 1.82) is 0 Å². The monoisotopic (exact) mass is 394 g/mol. The van der Waals surface area contributed by atoms with Crippen LogP contribution in [0.2, 0.25) is 5.02 Å². The highest BCUT2D eigenvalue weighted by Crippen LogP contribution is 2.38. The average molecular weight is 395 g/mol. The maximum Gasteiger partial charge on any atom is 0.164 e. The van der Waals surface area contributed by atoms with Gasteiger partial charge in [-0.3, -0.25) is 0 Å². The molecule has 0 amide bonds. The summed E-state index contributed by atoms with van der Waals surface area (Å²) in [5.74, 6) is -0.362. The topological polar surface area (TPSA) is 127 Å². The number of hydrogen-bond donors (Lipinski definition) is 4. The molecule has 1 fully saturated rings. The number of ether oxygens (including phenoxy) is 1. The second-order valence-corrected chi connectivity index (χ2v) is 6.72. The molecule has 0 unspecified atom stereocenters. The Hall–Kier alpha value is -2.30. The van der Waals surface area contributed by atoms with Crippen molar-refractivity contribution in [1.82, 2.24) is 14.5 Å². The minimum atomic E-state index is -1.40. The number of aromatic nitrogens is 3. The summed E-state index contributed by atoms with van der Waals surface area (Å²) in [5, 5.41) is 31.8. The molecule has 5 N–H and O–H groups in total. The van der Waals surface area contributed by atoms with Gasteiger partial charge in [-0.2, -0.15) is 0 Å². The van der Waals surface area contributed by atoms with E-state index in [2.05, 4.69) is 9.97 Å². The van der Waals surface area contributed by atoms with Gasteiger partial charge in [0, 0.05) is 6.20 Å². The van der Waals surface area contributed by atoms with Crippen molar-refractivity contribution in [3.63, 3.8) is 0 Å². The zero-order chi connectivity index (χ0) is 19.3. The molecule has 0 aliphatic carbocycles. The first-order valence-corrected chi connectivity index (χ1v) is 8.48. The van der Waals surface area contributed by atoms with Crippen molar-refractivity contribution in [3.8, 4) is 0 Å². The molecule has 8 nitrogen and oxygen atoms in total. The van der Waals surface area contributed by atoms with E-state index in [0.717, 1.165) is 6.07 Å². The van der Waals surface area contributed by atoms with Gasteiger partial charge in [0.05, 0.1) is 10.4 Å². The largest absolute Gasteiger partial charge is 0.387 e. The van der Waals surface area contributed by atoms with E-state index in [1.807, 2.05) is 0 Å². The Morgan fingerprint density at radius 2 is 2.00 bits per heavy atom. The molecular formula is C17H16ClFN4O4. The van der Waals surface area contributed by atoms with Gasteiger partial charge >= 0.3 is 0 Å². The predicted molar refractivity (Wildman–Crippen MR) is 94.2 cm³/mol. The summed E-state index contributed by atoms with van der Waals surface area (Å²) in [6.07, 6.45) is -3.37. The van der Waals surface area contributed by atoms with Crippen LogP contribution in [0.1, 0.15) is 17.9 Å². The quantitative estimate of drug-likeness (QED) is 0.525. The third-order valence-electron chi connectivity index (χ3n) is 4.69. The van der Waals surface area contributed by atoms with Gasteiger partial charge in [0.1, 0.15) is 48.0 Å². The summed E-state index contributed by atoms with van der Waals surface area (Å²) < 4.78 is 20.6. The first-order chi connectivity index (χ1) is 12.9. The van der Waals surface area contributed by atoms with Crippen molar-refractivity contribution < 1.29 is 24.4 Å². The Morgan fingerprint density at radius 3 is 2.74 bits per heavy atom. The lowest BCUT2D eigenvalue weighted by Crippen LogP contribution is -2.34. The summed E-state index contributed by atoms with van der Waals surface area (Å²) in [4.78, 5) is 8.03. The van der Waals surface area contributed by atoms with E-state index >= 15 is 0 Å². The second-order valence-electron chi connectivity index (χ2n) is 6.31. The van der Waals surface area contributed by atoms with E-state index in [1.165, 1.54) is 23.0 Å². The minimum Gasteiger partial charge on any atom is -0.387 e. The Bertz CT molecular complexity index is 1000. The number of fused-ring (bicyclic) bond motifs is 1. The van der Waals surface area contributed by atoms with Crippen LogP contribution in [-0.2, 0) is 4.74 Å². The molecular weight excluding hydrogens is 379 g/mol. The van der Waals surface area contributed by atoms with Gasteiger partial charge in [0.25, 0.3) is 0 Å². The highest BCUT2D eigenvalue weighted by molar-refractivity contribution is 6.30. The van der Waals surface area contributed by atoms with E-state index in [9.17, 15) is 19.7 Å². The first-order valence-electron chi connectivity index (χ1n) is 8.10. The molecule has 3 aromatic rings. The van der Waals surface area contributed by atoms with Gasteiger partial charge in [-0.15, -0.1) is 0 Å². The molecule has 1 aliphatic rings. The molecule has 0 bridgehead atoms. The van der Waals surface area contributed by atoms with E-state index in [1.54, 1.807) is 12.3 Å². The Morgan fingerprint density at radius 1 is 1.22 bits per heavy atom. The Labute approximate surface area is 157 Å². The number of aliphatic hydroxyl groups excluding tert-OH is 3. The highest BCUT2D eigenvalue weighted by atomic mass is 35.5. The molecule has 0 radical (unpaired) electrons. The molecule has 3 heterocycles. The average Bonchev–Trinajstić information content (AvgIpc) is 3.20. The lowest BCUT2D eigenvalue weighted by Gasteiger charge is -2.21. The second kappa shape index (κ2) is 6.70. The molecule has 4 rings (SSSR count). The number of nitrogen functional groups attached to an aromatic ring is 1. The van der Waals surface area contributed by atoms with Crippen LogP contribution < -0.4 is 5.73 Å². The SMILES string of the molecule is Nc1ncnc2c1ccn2[C@@H]1O[C@H]([C@H](O)c2ccc(F)c(Cl)c2)[C@@H](O)[C@H]1O. The minimum absolute atomic E-state index is 0.167. The molecule has 1 saturated heterocycles. The number of benzene rings is 1. The number of rotatable bonds is 3. The summed E-state index contributed by atoms with van der Waals surface area (Å²) in [5.41, 5.74) is 6.48. The zero-order valence-electron chi connectivity index (χ0n) is 13.8. The third-order valence-corrected chi connectivity index (χ3v) is 4.98. The van der Waals surface area contributed by atoms with Gasteiger partial charge in [0.15, 0.2) is 6.23 Å². The van der Waals surface area contributed by atoms with E-state index in [4.69, 9.17) is 22.1 Å². The van der Waals surface area contributed by atoms with Gasteiger partial charge < -0.3 is 30.4 Å². The van der Waals surface area contributed by atoms with Crippen molar-refractivity contribution in [2.75, 3.05) is 5.73 Å². The number of hydrogen-bond acceptors (Lipinski definition) is 7. The lowest BCUT2D eigenvalue weighted by molar-refractivity contribution is -0.0848. The van der Waals surface area contributed by atoms with Crippen molar-refractivity contribution in [2.45, 2.75) is 30.6 Å². The molecule has 142 valence electrons. The first kappa shape index (κ1) is 18.1. The summed E-state index contributed by atoms with van der Waals surface area (Å²) in [7, 11) is 0. The molecule has 0 saturated carbocycles. The van der Waals surface area contributed by atoms with Crippen molar-refractivity contribution >= 4 is 28.5 Å². The number of nitrogens with zero attached hydrogens (tertiary/aromatic N) is 3. The molecule has 2 aromatic heterocycles. The fourth-order valence-corrected chi connectivity index (χ4v) is 3.45. The molecule has 1 aromatic carbocycles. The zero-order valence-corrected chi connectivity index (χ0v) is 14.5. The fraction of sp³-hybridized carbons (Fsp3) is 0.294. The smallest absolute Gasteiger partial charge is 0.164 e. The normalized spacial score (nSPS) is 26.6. The number of halogens is 2. The van der Waals surface area contributed by atoms with Crippen LogP contribution in [0.5, 0.6) is 0 Å². The van der Waals surface area contributed by atoms with Gasteiger partial charge in [-0.1, -0.05) is 17.7 Å². The standard InChI is InChI=1S/C17H16ClFN4O4/c18-9-5-7(1-2-10(9)19)11(24)14-12(25)13(26)17(27-14)23-4-3-8-15(20)21-6-22-16(8)23/h1-6,11-14,17,24-26H,(H2,20,21,22)/t11-,12+,13-,14-,17-/m1/s1. The third kappa shape index (κ3) is 2.93. The van der Waals surface area contributed by atoms with Gasteiger partial charge in [-0.05, 0) is 23.8 Å². The number of aliphatic hydroxyl groups is 3. The molecule has 1 aliphatic heterocycles. The van der Waals surface area contributed by atoms with Crippen molar-refractivity contribution in [3.05, 3.63) is 53.2 Å². The highest BCUT2D eigenvalue weighted by Gasteiger charge is 2.47. The Kier molecular flexibility index (Phi) is 4.49. The Balaban J connectivity index is 1.66. The van der Waals surface area contributed by atoms with Crippen LogP contribution in [0.25, 0.3) is 11.0 Å². The maximum absolute atomic E-state index is 13.3. The fourth-order valence-electron chi connectivity index (χ4n) is 3.26. The van der Waals surface area contributed by atoms with Crippen LogP contribution >= 0.6 is 11.6 Å². The van der Waals surface area contributed by atoms with Crippen LogP contribution in [0.3, 0.4) is 0 Å². The van der Waals surface area contributed by atoms with Crippen LogP contribution in [0.15, 0.2) is 36.8 Å². The molecule has 10 heteroatoms. The predicted octanol–water partition coefficient (Wildman–Crippen LogP) is 1.16. The lowest BCUT2D eigenvalue weighted by atomic mass is 9.99. The van der Waals surface area contributed by atoms with Crippen molar-refractivity contribution in [2.24, 2.45) is 0 Å².